The second kappa shape index (κ2) is 11.4. The molecule has 0 saturated heterocycles. The molecule has 0 N–H and O–H groups in total. The van der Waals surface area contributed by atoms with Gasteiger partial charge >= 0.3 is 5.97 Å². The third kappa shape index (κ3) is 6.18. The third-order valence-corrected chi connectivity index (χ3v) is 7.00. The van der Waals surface area contributed by atoms with Crippen LogP contribution in [-0.2, 0) is 4.79 Å². The summed E-state index contributed by atoms with van der Waals surface area (Å²) in [5.41, 5.74) is 0. The van der Waals surface area contributed by atoms with Crippen molar-refractivity contribution in [2.24, 2.45) is 23.7 Å². The summed E-state index contributed by atoms with van der Waals surface area (Å²) in [6.07, 6.45) is 15.9. The van der Waals surface area contributed by atoms with Crippen molar-refractivity contribution >= 4 is 5.97 Å². The molecular weight excluding hydrogens is 398 g/mol. The van der Waals surface area contributed by atoms with E-state index in [0.717, 1.165) is 43.9 Å². The van der Waals surface area contributed by atoms with E-state index < -0.39 is 17.6 Å². The summed E-state index contributed by atoms with van der Waals surface area (Å²) in [6.45, 7) is 5.52. The van der Waals surface area contributed by atoms with Gasteiger partial charge in [-0.2, -0.15) is 8.78 Å². The van der Waals surface area contributed by atoms with Crippen molar-refractivity contribution in [1.82, 2.24) is 0 Å². The molecule has 1 aromatic rings. The lowest BCUT2D eigenvalue weighted by Crippen LogP contribution is -2.30. The Bertz CT molecular complexity index is 773. The van der Waals surface area contributed by atoms with E-state index in [-0.39, 0.29) is 17.4 Å². The lowest BCUT2D eigenvalue weighted by atomic mass is 9.69. The molecule has 0 unspecified atom stereocenters. The minimum atomic E-state index is -1.20. The number of esters is 1. The fourth-order valence-electron chi connectivity index (χ4n) is 5.15. The second-order valence-corrected chi connectivity index (χ2v) is 8.96. The van der Waals surface area contributed by atoms with E-state index in [2.05, 4.69) is 6.58 Å². The number of hydrogen-bond donors (Lipinski definition) is 0. The molecule has 5 heteroatoms. The lowest BCUT2D eigenvalue weighted by molar-refractivity contribution is -0.140. The summed E-state index contributed by atoms with van der Waals surface area (Å²) in [4.78, 5) is 12.6. The van der Waals surface area contributed by atoms with Crippen molar-refractivity contribution in [3.05, 3.63) is 48.8 Å². The molecule has 0 radical (unpaired) electrons. The minimum Gasteiger partial charge on any atom is -0.462 e. The largest absolute Gasteiger partial charge is 0.462 e. The topological polar surface area (TPSA) is 35.5 Å². The first-order valence-corrected chi connectivity index (χ1v) is 11.6. The Kier molecular flexibility index (Phi) is 8.68. The number of hydrogen-bond acceptors (Lipinski definition) is 3. The van der Waals surface area contributed by atoms with E-state index in [1.165, 1.54) is 50.5 Å². The zero-order chi connectivity index (χ0) is 22.2. The van der Waals surface area contributed by atoms with Gasteiger partial charge < -0.3 is 9.47 Å². The standard InChI is InChI=1S/C26H34F2O3/c1-3-5-6-18-7-9-19(10-8-18)20-11-13-21(14-12-20)26(29)31-23-16-15-22(30-17-4-2)24(27)25(23)28/h3-4,15-21H,1,5-14H2,2H3/b17-4+. The average Bonchev–Trinajstić information content (AvgIpc) is 2.80. The number of halogens is 2. The van der Waals surface area contributed by atoms with Crippen LogP contribution in [0.25, 0.3) is 0 Å². The van der Waals surface area contributed by atoms with E-state index >= 15 is 0 Å². The van der Waals surface area contributed by atoms with Gasteiger partial charge in [-0.25, -0.2) is 0 Å². The van der Waals surface area contributed by atoms with Gasteiger partial charge in [0.1, 0.15) is 0 Å². The molecule has 2 fully saturated rings. The first-order valence-electron chi connectivity index (χ1n) is 11.6. The van der Waals surface area contributed by atoms with E-state index in [9.17, 15) is 13.6 Å². The molecule has 0 spiro atoms. The Hall–Kier alpha value is -2.17. The summed E-state index contributed by atoms with van der Waals surface area (Å²) < 4.78 is 38.6. The zero-order valence-corrected chi connectivity index (χ0v) is 18.5. The van der Waals surface area contributed by atoms with Crippen LogP contribution in [0, 0.1) is 35.3 Å². The van der Waals surface area contributed by atoms with E-state index in [1.54, 1.807) is 13.0 Å². The highest BCUT2D eigenvalue weighted by Crippen LogP contribution is 2.42. The van der Waals surface area contributed by atoms with Gasteiger partial charge in [-0.3, -0.25) is 4.79 Å². The van der Waals surface area contributed by atoms with Crippen molar-refractivity contribution in [2.75, 3.05) is 0 Å². The van der Waals surface area contributed by atoms with Gasteiger partial charge in [0.25, 0.3) is 0 Å². The van der Waals surface area contributed by atoms with Crippen molar-refractivity contribution < 1.29 is 23.0 Å². The highest BCUT2D eigenvalue weighted by atomic mass is 19.2. The van der Waals surface area contributed by atoms with Crippen LogP contribution in [0.4, 0.5) is 8.78 Å². The minimum absolute atomic E-state index is 0.241. The fraction of sp³-hybridized carbons (Fsp3) is 0.577. The van der Waals surface area contributed by atoms with Crippen LogP contribution < -0.4 is 9.47 Å². The van der Waals surface area contributed by atoms with E-state index in [1.807, 2.05) is 6.08 Å². The molecule has 0 amide bonds. The van der Waals surface area contributed by atoms with Gasteiger partial charge in [-0.1, -0.05) is 25.0 Å². The summed E-state index contributed by atoms with van der Waals surface area (Å²) in [5.74, 6) is -1.42. The van der Waals surface area contributed by atoms with Crippen LogP contribution >= 0.6 is 0 Å². The van der Waals surface area contributed by atoms with Gasteiger partial charge in [0.05, 0.1) is 12.2 Å². The average molecular weight is 433 g/mol. The Labute approximate surface area is 184 Å². The van der Waals surface area contributed by atoms with Crippen molar-refractivity contribution in [3.8, 4) is 11.5 Å². The molecule has 0 heterocycles. The fourth-order valence-corrected chi connectivity index (χ4v) is 5.15. The zero-order valence-electron chi connectivity index (χ0n) is 18.5. The molecule has 0 atom stereocenters. The van der Waals surface area contributed by atoms with Crippen LogP contribution in [0.1, 0.15) is 71.1 Å². The maximum Gasteiger partial charge on any atom is 0.314 e. The number of benzene rings is 1. The van der Waals surface area contributed by atoms with Crippen molar-refractivity contribution in [3.63, 3.8) is 0 Å². The maximum absolute atomic E-state index is 14.3. The third-order valence-electron chi connectivity index (χ3n) is 7.00. The second-order valence-electron chi connectivity index (χ2n) is 8.96. The van der Waals surface area contributed by atoms with E-state index in [4.69, 9.17) is 9.47 Å². The SMILES string of the molecule is C=CCCC1CCC(C2CCC(C(=O)Oc3ccc(O/C=C/C)c(F)c3F)CC2)CC1. The highest BCUT2D eigenvalue weighted by Gasteiger charge is 2.34. The summed E-state index contributed by atoms with van der Waals surface area (Å²) in [6, 6.07) is 2.51. The molecule has 2 aliphatic rings. The Morgan fingerprint density at radius 3 is 2.19 bits per heavy atom. The Morgan fingerprint density at radius 1 is 1.00 bits per heavy atom. The van der Waals surface area contributed by atoms with Gasteiger partial charge in [-0.15, -0.1) is 6.58 Å². The predicted octanol–water partition coefficient (Wildman–Crippen LogP) is 7.36. The number of rotatable bonds is 8. The Balaban J connectivity index is 1.47. The van der Waals surface area contributed by atoms with Gasteiger partial charge in [-0.05, 0) is 88.2 Å². The normalized spacial score (nSPS) is 26.5. The van der Waals surface area contributed by atoms with Crippen LogP contribution in [0.3, 0.4) is 0 Å². The smallest absolute Gasteiger partial charge is 0.314 e. The molecule has 2 aliphatic carbocycles. The molecular formula is C26H34F2O3. The summed E-state index contributed by atoms with van der Waals surface area (Å²) >= 11 is 0. The van der Waals surface area contributed by atoms with E-state index in [0.29, 0.717) is 5.92 Å². The molecule has 3 nitrogen and oxygen atoms in total. The monoisotopic (exact) mass is 432 g/mol. The molecule has 2 saturated carbocycles. The summed E-state index contributed by atoms with van der Waals surface area (Å²) in [7, 11) is 0. The molecule has 1 aromatic carbocycles. The number of allylic oxidation sites excluding steroid dienone is 2. The molecule has 31 heavy (non-hydrogen) atoms. The first-order chi connectivity index (χ1) is 15.0. The number of carbonyl (C=O) groups is 1. The van der Waals surface area contributed by atoms with Crippen LogP contribution in [-0.4, -0.2) is 5.97 Å². The predicted molar refractivity (Wildman–Crippen MR) is 118 cm³/mol. The van der Waals surface area contributed by atoms with Gasteiger partial charge in [0.2, 0.25) is 11.6 Å². The number of carbonyl (C=O) groups excluding carboxylic acids is 1. The molecule has 0 aliphatic heterocycles. The molecule has 170 valence electrons. The highest BCUT2D eigenvalue weighted by molar-refractivity contribution is 5.75. The van der Waals surface area contributed by atoms with Crippen molar-refractivity contribution in [2.45, 2.75) is 71.1 Å². The maximum atomic E-state index is 14.3. The molecule has 0 bridgehead atoms. The Morgan fingerprint density at radius 2 is 1.58 bits per heavy atom. The van der Waals surface area contributed by atoms with Gasteiger partial charge in [0.15, 0.2) is 11.5 Å². The summed E-state index contributed by atoms with van der Waals surface area (Å²) in [5, 5.41) is 0. The van der Waals surface area contributed by atoms with Gasteiger partial charge in [0, 0.05) is 0 Å². The van der Waals surface area contributed by atoms with Crippen LogP contribution in [0.2, 0.25) is 0 Å². The van der Waals surface area contributed by atoms with Crippen LogP contribution in [0.5, 0.6) is 11.5 Å². The lowest BCUT2D eigenvalue weighted by Gasteiger charge is -2.37. The van der Waals surface area contributed by atoms with Crippen molar-refractivity contribution in [1.29, 1.82) is 0 Å². The molecule has 3 rings (SSSR count). The molecule has 0 aromatic heterocycles. The quantitative estimate of drug-likeness (QED) is 0.186. The van der Waals surface area contributed by atoms with Crippen LogP contribution in [0.15, 0.2) is 37.1 Å². The first kappa shape index (κ1) is 23.5. The number of ether oxygens (including phenoxy) is 2.